The van der Waals surface area contributed by atoms with Crippen molar-refractivity contribution >= 4 is 22.4 Å². The number of benzene rings is 3. The summed E-state index contributed by atoms with van der Waals surface area (Å²) in [7, 11) is 0. The van der Waals surface area contributed by atoms with E-state index in [0.29, 0.717) is 10.6 Å². The van der Waals surface area contributed by atoms with Gasteiger partial charge in [-0.15, -0.1) is 0 Å². The molecule has 3 aromatic carbocycles. The second-order valence-electron chi connectivity index (χ2n) is 4.78. The Balaban J connectivity index is 2.14. The van der Waals surface area contributed by atoms with Crippen molar-refractivity contribution in [2.75, 3.05) is 0 Å². The van der Waals surface area contributed by atoms with Gasteiger partial charge < -0.3 is 4.74 Å². The number of ether oxygens (including phenoxy) is 1. The van der Waals surface area contributed by atoms with Gasteiger partial charge in [-0.05, 0) is 36.8 Å². The zero-order valence-corrected chi connectivity index (χ0v) is 12.2. The number of halogens is 1. The molecule has 0 atom stereocenters. The van der Waals surface area contributed by atoms with Gasteiger partial charge in [0.05, 0.1) is 11.6 Å². The molecule has 0 aliphatic heterocycles. The Morgan fingerprint density at radius 2 is 1.71 bits per heavy atom. The molecule has 3 heteroatoms. The third kappa shape index (κ3) is 2.56. The number of fused-ring (bicyclic) bond motifs is 1. The summed E-state index contributed by atoms with van der Waals surface area (Å²) in [6.45, 7) is 1.97. The molecule has 0 aromatic heterocycles. The summed E-state index contributed by atoms with van der Waals surface area (Å²) >= 11 is 6.03. The molecule has 0 amide bonds. The monoisotopic (exact) mass is 293 g/mol. The predicted octanol–water partition coefficient (Wildman–Crippen LogP) is 5.47. The van der Waals surface area contributed by atoms with E-state index >= 15 is 0 Å². The fourth-order valence-corrected chi connectivity index (χ4v) is 2.42. The van der Waals surface area contributed by atoms with Crippen molar-refractivity contribution in [2.24, 2.45) is 0 Å². The Hall–Kier alpha value is -2.50. The van der Waals surface area contributed by atoms with Crippen molar-refractivity contribution in [1.29, 1.82) is 5.26 Å². The maximum Gasteiger partial charge on any atom is 0.135 e. The molecule has 3 aromatic rings. The summed E-state index contributed by atoms with van der Waals surface area (Å²) < 4.78 is 6.01. The molecular formula is C18H12ClNO. The van der Waals surface area contributed by atoms with Gasteiger partial charge in [-0.25, -0.2) is 0 Å². The molecule has 2 nitrogen and oxygen atoms in total. The molecule has 0 radical (unpaired) electrons. The molecule has 102 valence electrons. The van der Waals surface area contributed by atoms with Gasteiger partial charge in [0, 0.05) is 15.8 Å². The summed E-state index contributed by atoms with van der Waals surface area (Å²) in [5.41, 5.74) is 1.65. The van der Waals surface area contributed by atoms with Crippen LogP contribution in [0.4, 0.5) is 0 Å². The lowest BCUT2D eigenvalue weighted by Crippen LogP contribution is -1.90. The van der Waals surface area contributed by atoms with Crippen LogP contribution in [0.2, 0.25) is 5.02 Å². The number of hydrogen-bond acceptors (Lipinski definition) is 2. The standard InChI is InChI=1S/C18H12ClNO/c1-12-6-8-14(19)10-18(12)21-17-9-7-13(11-20)15-4-2-3-5-16(15)17/h2-10H,1H3. The first kappa shape index (κ1) is 13.5. The van der Waals surface area contributed by atoms with Gasteiger partial charge in [0.15, 0.2) is 0 Å². The van der Waals surface area contributed by atoms with Gasteiger partial charge in [-0.1, -0.05) is 41.9 Å². The molecule has 0 heterocycles. The molecule has 0 N–H and O–H groups in total. The maximum absolute atomic E-state index is 9.19. The molecule has 21 heavy (non-hydrogen) atoms. The van der Waals surface area contributed by atoms with Crippen LogP contribution in [0.5, 0.6) is 11.5 Å². The highest BCUT2D eigenvalue weighted by molar-refractivity contribution is 6.30. The summed E-state index contributed by atoms with van der Waals surface area (Å²) in [6.07, 6.45) is 0. The maximum atomic E-state index is 9.19. The zero-order chi connectivity index (χ0) is 14.8. The first-order valence-electron chi connectivity index (χ1n) is 6.55. The average Bonchev–Trinajstić information content (AvgIpc) is 2.51. The second-order valence-corrected chi connectivity index (χ2v) is 5.22. The third-order valence-electron chi connectivity index (χ3n) is 3.37. The van der Waals surface area contributed by atoms with E-state index in [4.69, 9.17) is 16.3 Å². The van der Waals surface area contributed by atoms with Crippen molar-refractivity contribution in [3.8, 4) is 17.6 Å². The molecule has 0 spiro atoms. The normalized spacial score (nSPS) is 10.3. The minimum absolute atomic E-state index is 0.633. The Kier molecular flexibility index (Phi) is 3.51. The Morgan fingerprint density at radius 3 is 2.48 bits per heavy atom. The predicted molar refractivity (Wildman–Crippen MR) is 84.9 cm³/mol. The van der Waals surface area contributed by atoms with Crippen LogP contribution in [-0.2, 0) is 0 Å². The quantitative estimate of drug-likeness (QED) is 0.628. The van der Waals surface area contributed by atoms with Crippen LogP contribution in [0.3, 0.4) is 0 Å². The molecule has 0 aliphatic carbocycles. The second kappa shape index (κ2) is 5.47. The fourth-order valence-electron chi connectivity index (χ4n) is 2.26. The third-order valence-corrected chi connectivity index (χ3v) is 3.61. The van der Waals surface area contributed by atoms with Crippen molar-refractivity contribution in [3.05, 3.63) is 70.7 Å². The number of aryl methyl sites for hydroxylation is 1. The van der Waals surface area contributed by atoms with E-state index in [1.165, 1.54) is 0 Å². The minimum Gasteiger partial charge on any atom is -0.456 e. The Morgan fingerprint density at radius 1 is 0.952 bits per heavy atom. The average molecular weight is 294 g/mol. The molecule has 0 aliphatic rings. The Labute approximate surface area is 128 Å². The molecule has 0 saturated heterocycles. The lowest BCUT2D eigenvalue weighted by Gasteiger charge is -2.12. The van der Waals surface area contributed by atoms with Crippen molar-refractivity contribution in [3.63, 3.8) is 0 Å². The van der Waals surface area contributed by atoms with Gasteiger partial charge in [-0.2, -0.15) is 5.26 Å². The Bertz CT molecular complexity index is 865. The number of hydrogen-bond donors (Lipinski definition) is 0. The van der Waals surface area contributed by atoms with Gasteiger partial charge in [0.2, 0.25) is 0 Å². The van der Waals surface area contributed by atoms with E-state index in [1.807, 2.05) is 49.4 Å². The lowest BCUT2D eigenvalue weighted by atomic mass is 10.0. The molecular weight excluding hydrogens is 282 g/mol. The molecule has 0 bridgehead atoms. The summed E-state index contributed by atoms with van der Waals surface area (Å²) in [6, 6.07) is 19.1. The highest BCUT2D eigenvalue weighted by atomic mass is 35.5. The van der Waals surface area contributed by atoms with Crippen molar-refractivity contribution < 1.29 is 4.74 Å². The summed E-state index contributed by atoms with van der Waals surface area (Å²) in [4.78, 5) is 0. The fraction of sp³-hybridized carbons (Fsp3) is 0.0556. The van der Waals surface area contributed by atoms with Gasteiger partial charge in [-0.3, -0.25) is 0 Å². The van der Waals surface area contributed by atoms with E-state index in [-0.39, 0.29) is 0 Å². The van der Waals surface area contributed by atoms with Crippen molar-refractivity contribution in [1.82, 2.24) is 0 Å². The van der Waals surface area contributed by atoms with E-state index in [9.17, 15) is 5.26 Å². The molecule has 0 unspecified atom stereocenters. The van der Waals surface area contributed by atoms with E-state index in [0.717, 1.165) is 27.8 Å². The van der Waals surface area contributed by atoms with Crippen LogP contribution in [0, 0.1) is 18.3 Å². The highest BCUT2D eigenvalue weighted by Gasteiger charge is 2.09. The summed E-state index contributed by atoms with van der Waals surface area (Å²) in [5, 5.41) is 11.6. The van der Waals surface area contributed by atoms with Gasteiger partial charge in [0.1, 0.15) is 11.5 Å². The van der Waals surface area contributed by atoms with Crippen LogP contribution in [0.1, 0.15) is 11.1 Å². The van der Waals surface area contributed by atoms with Crippen LogP contribution >= 0.6 is 11.6 Å². The topological polar surface area (TPSA) is 33.0 Å². The highest BCUT2D eigenvalue weighted by Crippen LogP contribution is 2.34. The largest absolute Gasteiger partial charge is 0.456 e. The minimum atomic E-state index is 0.633. The van der Waals surface area contributed by atoms with E-state index in [1.54, 1.807) is 12.1 Å². The molecule has 3 rings (SSSR count). The summed E-state index contributed by atoms with van der Waals surface area (Å²) in [5.74, 6) is 1.44. The van der Waals surface area contributed by atoms with Crippen LogP contribution in [0.15, 0.2) is 54.6 Å². The van der Waals surface area contributed by atoms with Crippen LogP contribution in [-0.4, -0.2) is 0 Å². The smallest absolute Gasteiger partial charge is 0.135 e. The van der Waals surface area contributed by atoms with Crippen LogP contribution < -0.4 is 4.74 Å². The number of nitriles is 1. The number of rotatable bonds is 2. The SMILES string of the molecule is Cc1ccc(Cl)cc1Oc1ccc(C#N)c2ccccc12. The first-order chi connectivity index (χ1) is 10.2. The van der Waals surface area contributed by atoms with E-state index < -0.39 is 0 Å². The van der Waals surface area contributed by atoms with Gasteiger partial charge >= 0.3 is 0 Å². The van der Waals surface area contributed by atoms with Crippen LogP contribution in [0.25, 0.3) is 10.8 Å². The first-order valence-corrected chi connectivity index (χ1v) is 6.92. The molecule has 0 saturated carbocycles. The number of nitrogens with zero attached hydrogens (tertiary/aromatic N) is 1. The molecule has 0 fully saturated rings. The van der Waals surface area contributed by atoms with Crippen molar-refractivity contribution in [2.45, 2.75) is 6.92 Å². The van der Waals surface area contributed by atoms with Gasteiger partial charge in [0.25, 0.3) is 0 Å². The lowest BCUT2D eigenvalue weighted by molar-refractivity contribution is 0.484. The zero-order valence-electron chi connectivity index (χ0n) is 11.4. The van der Waals surface area contributed by atoms with E-state index in [2.05, 4.69) is 6.07 Å².